The van der Waals surface area contributed by atoms with Crippen LogP contribution in [-0.4, -0.2) is 42.3 Å². The smallest absolute Gasteiger partial charge is 0.255 e. The normalized spacial score (nSPS) is 13.6. The fraction of sp³-hybridized carbons (Fsp3) is 0.318. The number of likely N-dealkylation sites (tertiary alicyclic amines) is 1. The number of anilines is 1. The van der Waals surface area contributed by atoms with Gasteiger partial charge in [0.15, 0.2) is 0 Å². The standard InChI is InChI=1S/C22H22ClF2N3O3/c23-14-4-6-17(22(31)28-10-2-1-3-11-28)19(12-14)27-20(29)8-9-26-21(30)16-7-5-15(24)13-18(16)25/h4-7,12-13H,1-3,8-11H2,(H,26,30)(H,27,29). The number of hydrogen-bond acceptors (Lipinski definition) is 3. The van der Waals surface area contributed by atoms with E-state index in [-0.39, 0.29) is 24.4 Å². The highest BCUT2D eigenvalue weighted by molar-refractivity contribution is 6.31. The lowest BCUT2D eigenvalue weighted by Crippen LogP contribution is -2.36. The number of benzene rings is 2. The number of carbonyl (C=O) groups is 3. The molecule has 1 heterocycles. The largest absolute Gasteiger partial charge is 0.351 e. The van der Waals surface area contributed by atoms with Crippen molar-refractivity contribution < 1.29 is 23.2 Å². The quantitative estimate of drug-likeness (QED) is 0.699. The zero-order valence-electron chi connectivity index (χ0n) is 16.7. The minimum Gasteiger partial charge on any atom is -0.351 e. The van der Waals surface area contributed by atoms with E-state index in [4.69, 9.17) is 11.6 Å². The molecular formula is C22H22ClF2N3O3. The van der Waals surface area contributed by atoms with Crippen LogP contribution in [0.4, 0.5) is 14.5 Å². The monoisotopic (exact) mass is 449 g/mol. The first-order chi connectivity index (χ1) is 14.8. The lowest BCUT2D eigenvalue weighted by molar-refractivity contribution is -0.116. The first-order valence-electron chi connectivity index (χ1n) is 9.97. The van der Waals surface area contributed by atoms with E-state index in [0.717, 1.165) is 31.4 Å². The van der Waals surface area contributed by atoms with Crippen molar-refractivity contribution in [2.45, 2.75) is 25.7 Å². The molecule has 6 nitrogen and oxygen atoms in total. The summed E-state index contributed by atoms with van der Waals surface area (Å²) in [5, 5.41) is 5.44. The predicted molar refractivity (Wildman–Crippen MR) is 113 cm³/mol. The summed E-state index contributed by atoms with van der Waals surface area (Å²) in [5.41, 5.74) is 0.326. The minimum absolute atomic E-state index is 0.0720. The van der Waals surface area contributed by atoms with Gasteiger partial charge in [-0.05, 0) is 49.6 Å². The molecule has 0 radical (unpaired) electrons. The van der Waals surface area contributed by atoms with Crippen molar-refractivity contribution in [1.82, 2.24) is 10.2 Å². The van der Waals surface area contributed by atoms with Crippen LogP contribution in [0.5, 0.6) is 0 Å². The van der Waals surface area contributed by atoms with E-state index in [0.29, 0.717) is 35.4 Å². The second-order valence-corrected chi connectivity index (χ2v) is 7.66. The highest BCUT2D eigenvalue weighted by Gasteiger charge is 2.22. The predicted octanol–water partition coefficient (Wildman–Crippen LogP) is 4.00. The fourth-order valence-corrected chi connectivity index (χ4v) is 3.52. The van der Waals surface area contributed by atoms with Crippen LogP contribution in [0, 0.1) is 11.6 Å². The molecule has 0 aromatic heterocycles. The molecule has 0 spiro atoms. The van der Waals surface area contributed by atoms with Gasteiger partial charge in [0, 0.05) is 37.1 Å². The van der Waals surface area contributed by atoms with Gasteiger partial charge in [0.25, 0.3) is 11.8 Å². The molecule has 9 heteroatoms. The zero-order chi connectivity index (χ0) is 22.4. The SMILES string of the molecule is O=C(CCNC(=O)c1ccc(F)cc1F)Nc1cc(Cl)ccc1C(=O)N1CCCCC1. The summed E-state index contributed by atoms with van der Waals surface area (Å²) in [6.07, 6.45) is 2.85. The van der Waals surface area contributed by atoms with Gasteiger partial charge in [0.1, 0.15) is 11.6 Å². The van der Waals surface area contributed by atoms with Crippen molar-refractivity contribution in [3.63, 3.8) is 0 Å². The van der Waals surface area contributed by atoms with Gasteiger partial charge in [-0.15, -0.1) is 0 Å². The first-order valence-corrected chi connectivity index (χ1v) is 10.3. The Bertz CT molecular complexity index is 994. The Balaban J connectivity index is 1.59. The molecular weight excluding hydrogens is 428 g/mol. The van der Waals surface area contributed by atoms with Crippen LogP contribution in [0.15, 0.2) is 36.4 Å². The molecule has 3 amide bonds. The minimum atomic E-state index is -0.984. The van der Waals surface area contributed by atoms with Gasteiger partial charge in [-0.1, -0.05) is 11.6 Å². The molecule has 2 aromatic carbocycles. The van der Waals surface area contributed by atoms with Crippen LogP contribution in [0.1, 0.15) is 46.4 Å². The first kappa shape index (κ1) is 22.7. The van der Waals surface area contributed by atoms with Crippen LogP contribution in [-0.2, 0) is 4.79 Å². The lowest BCUT2D eigenvalue weighted by atomic mass is 10.1. The molecule has 2 aromatic rings. The van der Waals surface area contributed by atoms with Gasteiger partial charge in [-0.2, -0.15) is 0 Å². The van der Waals surface area contributed by atoms with Gasteiger partial charge in [-0.25, -0.2) is 8.78 Å². The summed E-state index contributed by atoms with van der Waals surface area (Å²) in [6, 6.07) is 7.29. The van der Waals surface area contributed by atoms with Crippen LogP contribution in [0.3, 0.4) is 0 Å². The van der Waals surface area contributed by atoms with Crippen LogP contribution in [0.25, 0.3) is 0 Å². The van der Waals surface area contributed by atoms with Crippen molar-refractivity contribution >= 4 is 35.0 Å². The number of nitrogens with one attached hydrogen (secondary N) is 2. The van der Waals surface area contributed by atoms with Gasteiger partial charge in [0.2, 0.25) is 5.91 Å². The summed E-state index contributed by atoms with van der Waals surface area (Å²) in [7, 11) is 0. The Morgan fingerprint density at radius 2 is 1.68 bits per heavy atom. The molecule has 0 bridgehead atoms. The van der Waals surface area contributed by atoms with Crippen molar-refractivity contribution in [3.8, 4) is 0 Å². The Kier molecular flexibility index (Phi) is 7.57. The maximum atomic E-state index is 13.7. The maximum Gasteiger partial charge on any atom is 0.255 e. The molecule has 0 atom stereocenters. The third kappa shape index (κ3) is 6.01. The molecule has 0 unspecified atom stereocenters. The summed E-state index contributed by atoms with van der Waals surface area (Å²) in [6.45, 7) is 1.26. The van der Waals surface area contributed by atoms with Crippen molar-refractivity contribution in [3.05, 3.63) is 64.2 Å². The van der Waals surface area contributed by atoms with Crippen LogP contribution in [0.2, 0.25) is 5.02 Å². The molecule has 3 rings (SSSR count). The number of rotatable bonds is 6. The molecule has 1 aliphatic rings. The van der Waals surface area contributed by atoms with Gasteiger partial charge in [0.05, 0.1) is 16.8 Å². The van der Waals surface area contributed by atoms with Gasteiger partial charge >= 0.3 is 0 Å². The highest BCUT2D eigenvalue weighted by Crippen LogP contribution is 2.24. The van der Waals surface area contributed by atoms with E-state index < -0.39 is 23.4 Å². The number of carbonyl (C=O) groups excluding carboxylic acids is 3. The van der Waals surface area contributed by atoms with Crippen molar-refractivity contribution in [2.75, 3.05) is 25.0 Å². The van der Waals surface area contributed by atoms with Gasteiger partial charge in [-0.3, -0.25) is 14.4 Å². The molecule has 0 aliphatic carbocycles. The average molecular weight is 450 g/mol. The second-order valence-electron chi connectivity index (χ2n) is 7.22. The summed E-state index contributed by atoms with van der Waals surface area (Å²) in [5.74, 6) is -3.15. The van der Waals surface area contributed by atoms with E-state index >= 15 is 0 Å². The van der Waals surface area contributed by atoms with Gasteiger partial charge < -0.3 is 15.5 Å². The molecule has 1 saturated heterocycles. The summed E-state index contributed by atoms with van der Waals surface area (Å²) < 4.78 is 26.6. The molecule has 1 fully saturated rings. The molecule has 31 heavy (non-hydrogen) atoms. The molecule has 0 saturated carbocycles. The number of hydrogen-bond donors (Lipinski definition) is 2. The zero-order valence-corrected chi connectivity index (χ0v) is 17.5. The van der Waals surface area contributed by atoms with E-state index in [1.807, 2.05) is 0 Å². The average Bonchev–Trinajstić information content (AvgIpc) is 2.74. The lowest BCUT2D eigenvalue weighted by Gasteiger charge is -2.27. The van der Waals surface area contributed by atoms with Crippen LogP contribution >= 0.6 is 11.6 Å². The molecule has 164 valence electrons. The maximum absolute atomic E-state index is 13.7. The van der Waals surface area contributed by atoms with E-state index in [9.17, 15) is 23.2 Å². The topological polar surface area (TPSA) is 78.5 Å². The third-order valence-corrected chi connectivity index (χ3v) is 5.18. The Morgan fingerprint density at radius 1 is 0.968 bits per heavy atom. The van der Waals surface area contributed by atoms with E-state index in [1.54, 1.807) is 17.0 Å². The number of piperidine rings is 1. The van der Waals surface area contributed by atoms with E-state index in [2.05, 4.69) is 10.6 Å². The van der Waals surface area contributed by atoms with Crippen molar-refractivity contribution in [2.24, 2.45) is 0 Å². The second kappa shape index (κ2) is 10.3. The Labute approximate surface area is 183 Å². The Morgan fingerprint density at radius 3 is 2.39 bits per heavy atom. The summed E-state index contributed by atoms with van der Waals surface area (Å²) >= 11 is 6.03. The Hall–Kier alpha value is -3.00. The van der Waals surface area contributed by atoms with Crippen molar-refractivity contribution in [1.29, 1.82) is 0 Å². The van der Waals surface area contributed by atoms with Crippen LogP contribution < -0.4 is 10.6 Å². The highest BCUT2D eigenvalue weighted by atomic mass is 35.5. The summed E-state index contributed by atoms with van der Waals surface area (Å²) in [4.78, 5) is 38.9. The number of halogens is 3. The number of nitrogens with zero attached hydrogens (tertiary/aromatic N) is 1. The number of amides is 3. The fourth-order valence-electron chi connectivity index (χ4n) is 3.34. The third-order valence-electron chi connectivity index (χ3n) is 4.94. The molecule has 1 aliphatic heterocycles. The molecule has 2 N–H and O–H groups in total. The van der Waals surface area contributed by atoms with E-state index in [1.165, 1.54) is 6.07 Å².